The molecule has 0 radical (unpaired) electrons. The fraction of sp³-hybridized carbons (Fsp3) is 0. The van der Waals surface area contributed by atoms with E-state index in [2.05, 4.69) is 5.18 Å². The van der Waals surface area contributed by atoms with Gasteiger partial charge in [-0.2, -0.15) is 0 Å². The standard InChI is InChI=1S/C14H8FNO2/c15-11-3-1-9(2-4-11)14-8-10-7-12(16-17)5-6-13(10)18-14/h1-8H. The van der Waals surface area contributed by atoms with E-state index in [1.165, 1.54) is 12.1 Å². The second kappa shape index (κ2) is 4.07. The lowest BCUT2D eigenvalue weighted by molar-refractivity contribution is 0.623. The fourth-order valence-corrected chi connectivity index (χ4v) is 1.84. The Balaban J connectivity index is 2.12. The van der Waals surface area contributed by atoms with Gasteiger partial charge >= 0.3 is 0 Å². The van der Waals surface area contributed by atoms with Crippen LogP contribution in [0.1, 0.15) is 0 Å². The molecule has 18 heavy (non-hydrogen) atoms. The number of rotatable bonds is 2. The molecule has 0 atom stereocenters. The van der Waals surface area contributed by atoms with Crippen molar-refractivity contribution in [2.24, 2.45) is 5.18 Å². The fourth-order valence-electron chi connectivity index (χ4n) is 1.84. The molecule has 0 spiro atoms. The summed E-state index contributed by atoms with van der Waals surface area (Å²) in [6.45, 7) is 0. The van der Waals surface area contributed by atoms with Crippen molar-refractivity contribution in [2.75, 3.05) is 0 Å². The quantitative estimate of drug-likeness (QED) is 0.613. The van der Waals surface area contributed by atoms with Crippen LogP contribution in [0.2, 0.25) is 0 Å². The SMILES string of the molecule is O=Nc1ccc2oc(-c3ccc(F)cc3)cc2c1. The number of hydrogen-bond donors (Lipinski definition) is 0. The van der Waals surface area contributed by atoms with E-state index in [9.17, 15) is 9.30 Å². The third-order valence-corrected chi connectivity index (χ3v) is 2.73. The molecule has 0 aliphatic carbocycles. The molecule has 88 valence electrons. The van der Waals surface area contributed by atoms with Crippen LogP contribution in [0, 0.1) is 10.7 Å². The van der Waals surface area contributed by atoms with Gasteiger partial charge in [0.2, 0.25) is 0 Å². The van der Waals surface area contributed by atoms with Gasteiger partial charge in [-0.1, -0.05) is 0 Å². The monoisotopic (exact) mass is 241 g/mol. The molecule has 3 nitrogen and oxygen atoms in total. The molecule has 0 aliphatic heterocycles. The van der Waals surface area contributed by atoms with Crippen molar-refractivity contribution in [3.8, 4) is 11.3 Å². The molecule has 1 heterocycles. The van der Waals surface area contributed by atoms with Crippen LogP contribution in [0.4, 0.5) is 10.1 Å². The van der Waals surface area contributed by atoms with Crippen molar-refractivity contribution in [1.82, 2.24) is 0 Å². The summed E-state index contributed by atoms with van der Waals surface area (Å²) < 4.78 is 18.5. The molecule has 0 saturated heterocycles. The molecule has 0 N–H and O–H groups in total. The number of furan rings is 1. The number of nitroso groups, excluding NO2 is 1. The van der Waals surface area contributed by atoms with Gasteiger partial charge in [-0.15, -0.1) is 4.91 Å². The normalized spacial score (nSPS) is 10.7. The van der Waals surface area contributed by atoms with Crippen LogP contribution < -0.4 is 0 Å². The molecule has 1 aromatic heterocycles. The topological polar surface area (TPSA) is 42.6 Å². The maximum absolute atomic E-state index is 12.8. The smallest absolute Gasteiger partial charge is 0.135 e. The van der Waals surface area contributed by atoms with E-state index in [0.717, 1.165) is 10.9 Å². The molecule has 3 aromatic rings. The van der Waals surface area contributed by atoms with Gasteiger partial charge in [0.15, 0.2) is 0 Å². The molecular formula is C14H8FNO2. The Labute approximate surface area is 102 Å². The molecule has 0 saturated carbocycles. The number of halogens is 1. The summed E-state index contributed by atoms with van der Waals surface area (Å²) in [7, 11) is 0. The molecule has 0 amide bonds. The summed E-state index contributed by atoms with van der Waals surface area (Å²) in [5.41, 5.74) is 1.81. The van der Waals surface area contributed by atoms with Crippen molar-refractivity contribution in [3.63, 3.8) is 0 Å². The van der Waals surface area contributed by atoms with Gasteiger partial charge in [0.25, 0.3) is 0 Å². The highest BCUT2D eigenvalue weighted by Crippen LogP contribution is 2.30. The van der Waals surface area contributed by atoms with E-state index in [0.29, 0.717) is 17.0 Å². The number of benzene rings is 2. The predicted molar refractivity (Wildman–Crippen MR) is 67.1 cm³/mol. The highest BCUT2D eigenvalue weighted by molar-refractivity contribution is 5.85. The van der Waals surface area contributed by atoms with Crippen LogP contribution >= 0.6 is 0 Å². The first-order chi connectivity index (χ1) is 8.76. The summed E-state index contributed by atoms with van der Waals surface area (Å²) in [5.74, 6) is 0.343. The summed E-state index contributed by atoms with van der Waals surface area (Å²) >= 11 is 0. The third-order valence-electron chi connectivity index (χ3n) is 2.73. The van der Waals surface area contributed by atoms with E-state index in [1.54, 1.807) is 36.4 Å². The lowest BCUT2D eigenvalue weighted by Crippen LogP contribution is -1.74. The number of fused-ring (bicyclic) bond motifs is 1. The molecule has 2 aromatic carbocycles. The summed E-state index contributed by atoms with van der Waals surface area (Å²) in [6.07, 6.45) is 0. The average molecular weight is 241 g/mol. The lowest BCUT2D eigenvalue weighted by atomic mass is 10.1. The summed E-state index contributed by atoms with van der Waals surface area (Å²) in [4.78, 5) is 10.4. The Morgan fingerprint density at radius 3 is 2.50 bits per heavy atom. The maximum Gasteiger partial charge on any atom is 0.135 e. The van der Waals surface area contributed by atoms with Crippen molar-refractivity contribution in [1.29, 1.82) is 0 Å². The molecule has 0 bridgehead atoms. The first-order valence-corrected chi connectivity index (χ1v) is 5.39. The Morgan fingerprint density at radius 1 is 1.00 bits per heavy atom. The van der Waals surface area contributed by atoms with E-state index >= 15 is 0 Å². The Morgan fingerprint density at radius 2 is 1.78 bits per heavy atom. The zero-order valence-electron chi connectivity index (χ0n) is 9.26. The largest absolute Gasteiger partial charge is 0.456 e. The predicted octanol–water partition coefficient (Wildman–Crippen LogP) is 4.64. The van der Waals surface area contributed by atoms with E-state index < -0.39 is 0 Å². The first-order valence-electron chi connectivity index (χ1n) is 5.39. The van der Waals surface area contributed by atoms with Crippen molar-refractivity contribution in [2.45, 2.75) is 0 Å². The highest BCUT2D eigenvalue weighted by Gasteiger charge is 2.07. The van der Waals surface area contributed by atoms with E-state index in [1.807, 2.05) is 0 Å². The van der Waals surface area contributed by atoms with Crippen molar-refractivity contribution >= 4 is 16.7 Å². The van der Waals surface area contributed by atoms with Crippen LogP contribution in [0.15, 0.2) is 58.1 Å². The van der Waals surface area contributed by atoms with Gasteiger partial charge < -0.3 is 4.42 Å². The van der Waals surface area contributed by atoms with Crippen LogP contribution in [0.3, 0.4) is 0 Å². The van der Waals surface area contributed by atoms with Gasteiger partial charge in [0, 0.05) is 10.9 Å². The summed E-state index contributed by atoms with van der Waals surface area (Å²) in [6, 6.07) is 12.8. The van der Waals surface area contributed by atoms with Crippen LogP contribution in [-0.4, -0.2) is 0 Å². The summed E-state index contributed by atoms with van der Waals surface area (Å²) in [5, 5.41) is 3.67. The Hall–Kier alpha value is -2.49. The zero-order valence-corrected chi connectivity index (χ0v) is 9.26. The minimum absolute atomic E-state index is 0.290. The number of hydrogen-bond acceptors (Lipinski definition) is 3. The second-order valence-corrected chi connectivity index (χ2v) is 3.93. The van der Waals surface area contributed by atoms with Crippen molar-refractivity contribution < 1.29 is 8.81 Å². The molecule has 3 rings (SSSR count). The van der Waals surface area contributed by atoms with Crippen LogP contribution in [0.25, 0.3) is 22.3 Å². The second-order valence-electron chi connectivity index (χ2n) is 3.93. The van der Waals surface area contributed by atoms with Gasteiger partial charge in [-0.25, -0.2) is 4.39 Å². The minimum Gasteiger partial charge on any atom is -0.456 e. The molecule has 0 aliphatic rings. The highest BCUT2D eigenvalue weighted by atomic mass is 19.1. The lowest BCUT2D eigenvalue weighted by Gasteiger charge is -1.94. The Bertz CT molecular complexity index is 716. The maximum atomic E-state index is 12.8. The zero-order chi connectivity index (χ0) is 12.5. The average Bonchev–Trinajstić information content (AvgIpc) is 2.82. The molecular weight excluding hydrogens is 233 g/mol. The van der Waals surface area contributed by atoms with Gasteiger partial charge in [0.05, 0.1) is 0 Å². The molecule has 4 heteroatoms. The van der Waals surface area contributed by atoms with Gasteiger partial charge in [-0.3, -0.25) is 0 Å². The van der Waals surface area contributed by atoms with Gasteiger partial charge in [0.1, 0.15) is 22.8 Å². The van der Waals surface area contributed by atoms with E-state index in [4.69, 9.17) is 4.42 Å². The van der Waals surface area contributed by atoms with Crippen LogP contribution in [-0.2, 0) is 0 Å². The third kappa shape index (κ3) is 1.78. The van der Waals surface area contributed by atoms with Crippen LogP contribution in [0.5, 0.6) is 0 Å². The molecule has 0 fully saturated rings. The van der Waals surface area contributed by atoms with Crippen molar-refractivity contribution in [3.05, 3.63) is 59.3 Å². The minimum atomic E-state index is -0.290. The molecule has 0 unspecified atom stereocenters. The van der Waals surface area contributed by atoms with E-state index in [-0.39, 0.29) is 5.82 Å². The Kier molecular flexibility index (Phi) is 2.41. The first kappa shape index (κ1) is 10.7. The number of nitrogens with zero attached hydrogens (tertiary/aromatic N) is 1. The van der Waals surface area contributed by atoms with Gasteiger partial charge in [-0.05, 0) is 53.7 Å².